The standard InChI is InChI=1S/C16H19NO3/c1-16(2,3)15(19)9-17-8-11(10-18)13-6-5-12(20-4)7-14(13)17/h5-8,10H,9H2,1-4H3. The molecule has 0 atom stereocenters. The minimum absolute atomic E-state index is 0.120. The van der Waals surface area contributed by atoms with E-state index >= 15 is 0 Å². The van der Waals surface area contributed by atoms with Crippen LogP contribution in [0.25, 0.3) is 10.9 Å². The fourth-order valence-corrected chi connectivity index (χ4v) is 2.04. The van der Waals surface area contributed by atoms with E-state index in [9.17, 15) is 9.59 Å². The summed E-state index contributed by atoms with van der Waals surface area (Å²) in [6, 6.07) is 5.50. The summed E-state index contributed by atoms with van der Waals surface area (Å²) in [6.07, 6.45) is 2.54. The Hall–Kier alpha value is -2.10. The van der Waals surface area contributed by atoms with Crippen LogP contribution in [0.2, 0.25) is 0 Å². The Morgan fingerprint density at radius 3 is 2.60 bits per heavy atom. The highest BCUT2D eigenvalue weighted by Gasteiger charge is 2.22. The number of methoxy groups -OCH3 is 1. The van der Waals surface area contributed by atoms with Gasteiger partial charge in [-0.1, -0.05) is 20.8 Å². The molecule has 20 heavy (non-hydrogen) atoms. The van der Waals surface area contributed by atoms with Gasteiger partial charge in [0.2, 0.25) is 0 Å². The van der Waals surface area contributed by atoms with E-state index in [1.54, 1.807) is 13.3 Å². The first kappa shape index (κ1) is 14.3. The molecule has 4 heteroatoms. The normalized spacial score (nSPS) is 11.6. The third-order valence-electron chi connectivity index (χ3n) is 3.40. The molecule has 0 radical (unpaired) electrons. The van der Waals surface area contributed by atoms with Crippen LogP contribution in [0.1, 0.15) is 31.1 Å². The third-order valence-corrected chi connectivity index (χ3v) is 3.40. The number of fused-ring (bicyclic) bond motifs is 1. The van der Waals surface area contributed by atoms with Gasteiger partial charge in [-0.3, -0.25) is 9.59 Å². The van der Waals surface area contributed by atoms with E-state index in [-0.39, 0.29) is 12.3 Å². The molecule has 0 amide bonds. The summed E-state index contributed by atoms with van der Waals surface area (Å²) in [5.74, 6) is 0.826. The van der Waals surface area contributed by atoms with Crippen molar-refractivity contribution in [2.75, 3.05) is 7.11 Å². The van der Waals surface area contributed by atoms with E-state index in [0.29, 0.717) is 11.3 Å². The van der Waals surface area contributed by atoms with Crippen LogP contribution in [0.3, 0.4) is 0 Å². The molecule has 1 aromatic carbocycles. The molecular formula is C16H19NO3. The van der Waals surface area contributed by atoms with Crippen molar-refractivity contribution in [3.63, 3.8) is 0 Å². The summed E-state index contributed by atoms with van der Waals surface area (Å²) in [5.41, 5.74) is 1.02. The number of rotatable bonds is 4. The van der Waals surface area contributed by atoms with Crippen molar-refractivity contribution in [3.8, 4) is 5.75 Å². The molecular weight excluding hydrogens is 254 g/mol. The molecule has 0 unspecified atom stereocenters. The van der Waals surface area contributed by atoms with Crippen molar-refractivity contribution in [3.05, 3.63) is 30.0 Å². The maximum absolute atomic E-state index is 12.2. The molecule has 0 bridgehead atoms. The molecule has 0 saturated carbocycles. The lowest BCUT2D eigenvalue weighted by atomic mass is 9.91. The lowest BCUT2D eigenvalue weighted by Gasteiger charge is -2.17. The SMILES string of the molecule is COc1ccc2c(C=O)cn(CC(=O)C(C)(C)C)c2c1. The van der Waals surface area contributed by atoms with E-state index in [0.717, 1.165) is 17.2 Å². The summed E-state index contributed by atoms with van der Waals surface area (Å²) in [4.78, 5) is 23.3. The number of hydrogen-bond donors (Lipinski definition) is 0. The molecule has 1 heterocycles. The fourth-order valence-electron chi connectivity index (χ4n) is 2.04. The molecule has 0 aliphatic carbocycles. The van der Waals surface area contributed by atoms with E-state index in [2.05, 4.69) is 0 Å². The zero-order chi connectivity index (χ0) is 14.9. The number of hydrogen-bond acceptors (Lipinski definition) is 3. The van der Waals surface area contributed by atoms with Crippen LogP contribution < -0.4 is 4.74 Å². The second-order valence-electron chi connectivity index (χ2n) is 5.89. The van der Waals surface area contributed by atoms with Crippen molar-refractivity contribution in [1.29, 1.82) is 0 Å². The molecule has 0 aliphatic heterocycles. The second-order valence-corrected chi connectivity index (χ2v) is 5.89. The molecule has 0 N–H and O–H groups in total. The predicted molar refractivity (Wildman–Crippen MR) is 78.3 cm³/mol. The third kappa shape index (κ3) is 2.59. The topological polar surface area (TPSA) is 48.3 Å². The molecule has 0 saturated heterocycles. The smallest absolute Gasteiger partial charge is 0.157 e. The summed E-state index contributed by atoms with van der Waals surface area (Å²) in [5, 5.41) is 0.836. The zero-order valence-corrected chi connectivity index (χ0v) is 12.3. The number of aromatic nitrogens is 1. The Balaban J connectivity index is 2.52. The maximum Gasteiger partial charge on any atom is 0.157 e. The summed E-state index contributed by atoms with van der Waals surface area (Å²) < 4.78 is 7.02. The average molecular weight is 273 g/mol. The van der Waals surface area contributed by atoms with Gasteiger partial charge in [0.1, 0.15) is 5.75 Å². The van der Waals surface area contributed by atoms with E-state index < -0.39 is 5.41 Å². The van der Waals surface area contributed by atoms with Crippen molar-refractivity contribution < 1.29 is 14.3 Å². The Morgan fingerprint density at radius 1 is 1.35 bits per heavy atom. The number of ether oxygens (including phenoxy) is 1. The molecule has 2 rings (SSSR count). The monoisotopic (exact) mass is 273 g/mol. The summed E-state index contributed by atoms with van der Waals surface area (Å²) in [6.45, 7) is 5.92. The van der Waals surface area contributed by atoms with E-state index in [1.165, 1.54) is 0 Å². The van der Waals surface area contributed by atoms with Gasteiger partial charge in [0.15, 0.2) is 12.1 Å². The maximum atomic E-state index is 12.2. The van der Waals surface area contributed by atoms with Crippen LogP contribution in [0.15, 0.2) is 24.4 Å². The molecule has 2 aromatic rings. The van der Waals surface area contributed by atoms with Crippen LogP contribution >= 0.6 is 0 Å². The van der Waals surface area contributed by atoms with E-state index in [4.69, 9.17) is 4.74 Å². The van der Waals surface area contributed by atoms with Crippen LogP contribution in [0.5, 0.6) is 5.75 Å². The molecule has 0 fully saturated rings. The van der Waals surface area contributed by atoms with Gasteiger partial charge in [-0.2, -0.15) is 0 Å². The number of carbonyl (C=O) groups excluding carboxylic acids is 2. The fraction of sp³-hybridized carbons (Fsp3) is 0.375. The van der Waals surface area contributed by atoms with Crippen molar-refractivity contribution in [1.82, 2.24) is 4.57 Å². The Morgan fingerprint density at radius 2 is 2.05 bits per heavy atom. The van der Waals surface area contributed by atoms with Crippen LogP contribution in [0.4, 0.5) is 0 Å². The molecule has 4 nitrogen and oxygen atoms in total. The predicted octanol–water partition coefficient (Wildman–Crippen LogP) is 3.08. The van der Waals surface area contributed by atoms with Crippen molar-refractivity contribution >= 4 is 23.0 Å². The van der Waals surface area contributed by atoms with Crippen LogP contribution in [-0.4, -0.2) is 23.7 Å². The van der Waals surface area contributed by atoms with Crippen molar-refractivity contribution in [2.24, 2.45) is 5.41 Å². The Kier molecular flexibility index (Phi) is 3.66. The van der Waals surface area contributed by atoms with Gasteiger partial charge in [-0.15, -0.1) is 0 Å². The minimum Gasteiger partial charge on any atom is -0.497 e. The highest BCUT2D eigenvalue weighted by Crippen LogP contribution is 2.26. The van der Waals surface area contributed by atoms with Crippen LogP contribution in [-0.2, 0) is 11.3 Å². The number of carbonyl (C=O) groups is 2. The second kappa shape index (κ2) is 5.12. The lowest BCUT2D eigenvalue weighted by Crippen LogP contribution is -2.24. The Labute approximate surface area is 118 Å². The first-order valence-corrected chi connectivity index (χ1v) is 6.52. The van der Waals surface area contributed by atoms with Gasteiger partial charge in [0.25, 0.3) is 0 Å². The van der Waals surface area contributed by atoms with Gasteiger partial charge in [0.05, 0.1) is 19.2 Å². The first-order valence-electron chi connectivity index (χ1n) is 6.52. The summed E-state index contributed by atoms with van der Waals surface area (Å²) in [7, 11) is 1.59. The largest absolute Gasteiger partial charge is 0.497 e. The number of nitrogens with zero attached hydrogens (tertiary/aromatic N) is 1. The van der Waals surface area contributed by atoms with Crippen molar-refractivity contribution in [2.45, 2.75) is 27.3 Å². The lowest BCUT2D eigenvalue weighted by molar-refractivity contribution is -0.126. The van der Waals surface area contributed by atoms with E-state index in [1.807, 2.05) is 43.5 Å². The van der Waals surface area contributed by atoms with Gasteiger partial charge < -0.3 is 9.30 Å². The van der Waals surface area contributed by atoms with Gasteiger partial charge in [-0.25, -0.2) is 0 Å². The highest BCUT2D eigenvalue weighted by molar-refractivity contribution is 5.99. The van der Waals surface area contributed by atoms with Gasteiger partial charge >= 0.3 is 0 Å². The quantitative estimate of drug-likeness (QED) is 0.804. The number of benzene rings is 1. The number of ketones is 1. The zero-order valence-electron chi connectivity index (χ0n) is 12.3. The minimum atomic E-state index is -0.406. The number of aldehydes is 1. The number of Topliss-reactive ketones (excluding diaryl/α,β-unsaturated/α-hetero) is 1. The molecule has 0 spiro atoms. The molecule has 0 aliphatic rings. The molecule has 1 aromatic heterocycles. The summed E-state index contributed by atoms with van der Waals surface area (Å²) >= 11 is 0. The average Bonchev–Trinajstić information content (AvgIpc) is 2.75. The first-order chi connectivity index (χ1) is 9.36. The Bertz CT molecular complexity index is 662. The highest BCUT2D eigenvalue weighted by atomic mass is 16.5. The molecule has 106 valence electrons. The van der Waals surface area contributed by atoms with Gasteiger partial charge in [-0.05, 0) is 12.1 Å². The van der Waals surface area contributed by atoms with Crippen LogP contribution in [0, 0.1) is 5.41 Å². The van der Waals surface area contributed by atoms with Gasteiger partial charge in [0, 0.05) is 28.6 Å².